The Kier molecular flexibility index (Phi) is 7.08. The Bertz CT molecular complexity index is 1880. The van der Waals surface area contributed by atoms with E-state index in [-0.39, 0.29) is 16.5 Å². The van der Waals surface area contributed by atoms with Gasteiger partial charge in [-0.15, -0.1) is 0 Å². The van der Waals surface area contributed by atoms with Crippen LogP contribution in [0.25, 0.3) is 43.9 Å². The van der Waals surface area contributed by atoms with Crippen LogP contribution >= 0.6 is 0 Å². The number of alkyl halides is 2. The van der Waals surface area contributed by atoms with Crippen molar-refractivity contribution >= 4 is 32.5 Å². The molecular formula is C29H26F2N6O2S. The highest BCUT2D eigenvalue weighted by Crippen LogP contribution is 2.38. The molecule has 0 aliphatic heterocycles. The Morgan fingerprint density at radius 3 is 2.50 bits per heavy atom. The topological polar surface area (TPSA) is 116 Å². The lowest BCUT2D eigenvalue weighted by Gasteiger charge is -2.24. The van der Waals surface area contributed by atoms with Gasteiger partial charge in [-0.05, 0) is 43.9 Å². The van der Waals surface area contributed by atoms with Crippen molar-refractivity contribution < 1.29 is 13.0 Å². The van der Waals surface area contributed by atoms with Gasteiger partial charge in [0.05, 0.1) is 44.3 Å². The Balaban J connectivity index is 1.71. The summed E-state index contributed by atoms with van der Waals surface area (Å²) in [6.07, 6.45) is -1.33. The lowest BCUT2D eigenvalue weighted by molar-refractivity contribution is 0.108. The monoisotopic (exact) mass is 560 g/mol. The van der Waals surface area contributed by atoms with Gasteiger partial charge in [0.1, 0.15) is 12.1 Å². The number of aromatic nitrogens is 4. The lowest BCUT2D eigenvalue weighted by Crippen LogP contribution is -2.39. The fourth-order valence-corrected chi connectivity index (χ4v) is 5.47. The molecular weight excluding hydrogens is 534 g/mol. The van der Waals surface area contributed by atoms with Gasteiger partial charge in [0.25, 0.3) is 12.0 Å². The molecule has 0 saturated heterocycles. The van der Waals surface area contributed by atoms with Crippen LogP contribution in [0.15, 0.2) is 65.6 Å². The third kappa shape index (κ3) is 4.80. The van der Waals surface area contributed by atoms with Gasteiger partial charge in [-0.25, -0.2) is 22.8 Å². The minimum Gasteiger partial charge on any atom is -0.267 e. The van der Waals surface area contributed by atoms with Crippen LogP contribution < -0.4 is 10.3 Å². The number of aryl methyl sites for hydroxylation is 1. The Morgan fingerprint density at radius 1 is 1.05 bits per heavy atom. The molecule has 0 saturated carbocycles. The molecule has 0 aliphatic carbocycles. The summed E-state index contributed by atoms with van der Waals surface area (Å²) in [5.74, 6) is 0. The molecule has 3 aromatic carbocycles. The highest BCUT2D eigenvalue weighted by molar-refractivity contribution is 7.84. The number of fused-ring (bicyclic) bond motifs is 2. The molecule has 5 rings (SSSR count). The van der Waals surface area contributed by atoms with Crippen LogP contribution in [0.3, 0.4) is 0 Å². The number of aromatic amines is 1. The number of rotatable bonds is 6. The second-order valence-electron chi connectivity index (χ2n) is 10.4. The summed E-state index contributed by atoms with van der Waals surface area (Å²) in [6.45, 7) is 5.00. The maximum Gasteiger partial charge on any atom is 0.272 e. The fourth-order valence-electron chi connectivity index (χ4n) is 4.67. The highest BCUT2D eigenvalue weighted by Gasteiger charge is 2.32. The van der Waals surface area contributed by atoms with Gasteiger partial charge in [0.15, 0.2) is 0 Å². The molecule has 11 heteroatoms. The number of nitrogens with one attached hydrogen (secondary N) is 2. The molecule has 2 atom stereocenters. The van der Waals surface area contributed by atoms with E-state index >= 15 is 0 Å². The molecule has 2 heterocycles. The van der Waals surface area contributed by atoms with E-state index in [1.54, 1.807) is 56.9 Å². The summed E-state index contributed by atoms with van der Waals surface area (Å²) < 4.78 is 44.7. The largest absolute Gasteiger partial charge is 0.272 e. The van der Waals surface area contributed by atoms with Gasteiger partial charge in [-0.1, -0.05) is 42.5 Å². The first-order valence-electron chi connectivity index (χ1n) is 12.4. The normalized spacial score (nSPS) is 13.6. The summed E-state index contributed by atoms with van der Waals surface area (Å²) in [5, 5.41) is 22.8. The van der Waals surface area contributed by atoms with Crippen molar-refractivity contribution in [3.8, 4) is 28.5 Å². The minimum absolute atomic E-state index is 0.127. The van der Waals surface area contributed by atoms with Crippen LogP contribution in [0.5, 0.6) is 0 Å². The number of nitriles is 1. The predicted octanol–water partition coefficient (Wildman–Crippen LogP) is 5.37. The van der Waals surface area contributed by atoms with Gasteiger partial charge in [-0.3, -0.25) is 9.48 Å². The predicted molar refractivity (Wildman–Crippen MR) is 152 cm³/mol. The lowest BCUT2D eigenvalue weighted by atomic mass is 9.93. The van der Waals surface area contributed by atoms with Crippen molar-refractivity contribution in [3.05, 3.63) is 82.4 Å². The molecule has 0 aliphatic rings. The molecule has 0 radical (unpaired) electrons. The van der Waals surface area contributed by atoms with E-state index in [2.05, 4.69) is 26.1 Å². The number of halogens is 2. The van der Waals surface area contributed by atoms with Crippen molar-refractivity contribution in [1.29, 1.82) is 5.26 Å². The maximum atomic E-state index is 14.3. The zero-order valence-electron chi connectivity index (χ0n) is 22.2. The summed E-state index contributed by atoms with van der Waals surface area (Å²) >= 11 is 0. The zero-order chi connectivity index (χ0) is 28.8. The third-order valence-electron chi connectivity index (χ3n) is 6.70. The van der Waals surface area contributed by atoms with Gasteiger partial charge >= 0.3 is 0 Å². The number of hydrogen-bond acceptors (Lipinski definition) is 5. The van der Waals surface area contributed by atoms with Gasteiger partial charge in [0, 0.05) is 28.9 Å². The van der Waals surface area contributed by atoms with E-state index in [0.717, 1.165) is 10.8 Å². The van der Waals surface area contributed by atoms with Crippen LogP contribution in [0, 0.1) is 11.3 Å². The van der Waals surface area contributed by atoms with Crippen molar-refractivity contribution in [2.75, 3.05) is 0 Å². The van der Waals surface area contributed by atoms with Crippen molar-refractivity contribution in [2.45, 2.75) is 38.0 Å². The molecule has 1 unspecified atom stereocenters. The first kappa shape index (κ1) is 27.3. The molecule has 0 amide bonds. The smallest absolute Gasteiger partial charge is 0.267 e. The van der Waals surface area contributed by atoms with Crippen molar-refractivity contribution in [2.24, 2.45) is 7.05 Å². The molecule has 0 bridgehead atoms. The summed E-state index contributed by atoms with van der Waals surface area (Å²) in [4.78, 5) is 12.6. The van der Waals surface area contributed by atoms with E-state index in [1.165, 1.54) is 0 Å². The Morgan fingerprint density at radius 2 is 1.80 bits per heavy atom. The molecule has 5 aromatic rings. The van der Waals surface area contributed by atoms with Crippen molar-refractivity contribution in [1.82, 2.24) is 24.7 Å². The highest BCUT2D eigenvalue weighted by atomic mass is 32.2. The SMILES string of the molecule is Cn1ncc(-c2ccc3c(=O)[nH]nc([C@H](NS(=O)C(C)(C)C)C(F)F)c3c2)c1-c1ccc2ccccc2c1C#N. The average molecular weight is 561 g/mol. The molecule has 2 aromatic heterocycles. The maximum absolute atomic E-state index is 14.3. The van der Waals surface area contributed by atoms with Gasteiger partial charge in [-0.2, -0.15) is 15.5 Å². The number of H-pyrrole nitrogens is 1. The van der Waals surface area contributed by atoms with Crippen LogP contribution in [-0.2, 0) is 18.0 Å². The van der Waals surface area contributed by atoms with E-state index in [4.69, 9.17) is 0 Å². The third-order valence-corrected chi connectivity index (χ3v) is 8.28. The van der Waals surface area contributed by atoms with E-state index < -0.39 is 33.8 Å². The summed E-state index contributed by atoms with van der Waals surface area (Å²) in [5.41, 5.74) is 2.36. The number of hydrogen-bond donors (Lipinski definition) is 2. The van der Waals surface area contributed by atoms with E-state index in [9.17, 15) is 23.0 Å². The molecule has 8 nitrogen and oxygen atoms in total. The zero-order valence-corrected chi connectivity index (χ0v) is 23.0. The molecule has 0 fully saturated rings. The Labute approximate surface area is 231 Å². The molecule has 204 valence electrons. The number of benzene rings is 3. The standard InChI is InChI=1S/C29H26F2N6O2S/c1-29(2,3)40(39)36-25(27(30)31)24-21-13-17(10-12-20(21)28(38)35-34-24)23-15-33-37(4)26(23)19-11-9-16-7-5-6-8-18(16)22(19)14-32/h5-13,15,25,27,36H,1-4H3,(H,35,38)/t25-,40?/m0/s1. The summed E-state index contributed by atoms with van der Waals surface area (Å²) in [6, 6.07) is 16.8. The van der Waals surface area contributed by atoms with Crippen LogP contribution in [-0.4, -0.2) is 35.4 Å². The number of nitrogens with zero attached hydrogens (tertiary/aromatic N) is 4. The van der Waals surface area contributed by atoms with Crippen LogP contribution in [0.4, 0.5) is 8.78 Å². The fraction of sp³-hybridized carbons (Fsp3) is 0.241. The quantitative estimate of drug-likeness (QED) is 0.290. The molecule has 40 heavy (non-hydrogen) atoms. The van der Waals surface area contributed by atoms with Crippen molar-refractivity contribution in [3.63, 3.8) is 0 Å². The second kappa shape index (κ2) is 10.4. The van der Waals surface area contributed by atoms with Crippen LogP contribution in [0.2, 0.25) is 0 Å². The Hall–Kier alpha value is -4.27. The molecule has 2 N–H and O–H groups in total. The van der Waals surface area contributed by atoms with Gasteiger partial charge < -0.3 is 0 Å². The average Bonchev–Trinajstić information content (AvgIpc) is 3.31. The first-order valence-corrected chi connectivity index (χ1v) is 13.6. The summed E-state index contributed by atoms with van der Waals surface area (Å²) in [7, 11) is -0.0683. The second-order valence-corrected chi connectivity index (χ2v) is 12.4. The van der Waals surface area contributed by atoms with E-state index in [1.807, 2.05) is 36.4 Å². The first-order chi connectivity index (χ1) is 19.0. The minimum atomic E-state index is -2.96. The van der Waals surface area contributed by atoms with Crippen LogP contribution in [0.1, 0.15) is 38.1 Å². The van der Waals surface area contributed by atoms with E-state index in [0.29, 0.717) is 27.9 Å². The molecule has 0 spiro atoms. The van der Waals surface area contributed by atoms with Gasteiger partial charge in [0.2, 0.25) is 0 Å².